The first-order valence-electron chi connectivity index (χ1n) is 6.64. The molecule has 1 N–H and O–H groups in total. The molecule has 23 heavy (non-hydrogen) atoms. The molecule has 0 spiro atoms. The third-order valence-corrected chi connectivity index (χ3v) is 3.85. The molecule has 1 amide bonds. The van der Waals surface area contributed by atoms with Crippen molar-refractivity contribution in [2.45, 2.75) is 5.16 Å². The highest BCUT2D eigenvalue weighted by Crippen LogP contribution is 2.21. The number of hydrogen-bond acceptors (Lipinski definition) is 7. The largest absolute Gasteiger partial charge is 0.497 e. The molecule has 0 unspecified atom stereocenters. The molecular weight excluding hydrogens is 318 g/mol. The summed E-state index contributed by atoms with van der Waals surface area (Å²) >= 11 is 1.28. The zero-order valence-electron chi connectivity index (χ0n) is 12.2. The summed E-state index contributed by atoms with van der Waals surface area (Å²) in [5.41, 5.74) is 0.884. The quantitative estimate of drug-likeness (QED) is 0.690. The minimum absolute atomic E-state index is 0.182. The van der Waals surface area contributed by atoms with E-state index in [4.69, 9.17) is 4.74 Å². The third-order valence-electron chi connectivity index (χ3n) is 2.90. The fourth-order valence-corrected chi connectivity index (χ4v) is 2.56. The van der Waals surface area contributed by atoms with E-state index in [1.54, 1.807) is 24.1 Å². The Balaban J connectivity index is 1.65. The van der Waals surface area contributed by atoms with Crippen LogP contribution in [0.5, 0.6) is 5.75 Å². The molecule has 9 heteroatoms. The van der Waals surface area contributed by atoms with Crippen molar-refractivity contribution in [3.8, 4) is 11.4 Å². The molecular formula is C14H13N5O3S. The summed E-state index contributed by atoms with van der Waals surface area (Å²) in [5.74, 6) is 1.13. The van der Waals surface area contributed by atoms with Gasteiger partial charge in [0.05, 0.1) is 12.9 Å². The number of methoxy groups -OCH3 is 1. The molecule has 3 aromatic rings. The van der Waals surface area contributed by atoms with Crippen LogP contribution in [0.2, 0.25) is 0 Å². The van der Waals surface area contributed by atoms with Gasteiger partial charge in [-0.2, -0.15) is 0 Å². The van der Waals surface area contributed by atoms with Crippen molar-refractivity contribution in [2.24, 2.45) is 0 Å². The van der Waals surface area contributed by atoms with Gasteiger partial charge in [0, 0.05) is 11.8 Å². The fraction of sp³-hybridized carbons (Fsp3) is 0.143. The predicted octanol–water partition coefficient (Wildman–Crippen LogP) is 1.99. The fourth-order valence-electron chi connectivity index (χ4n) is 1.83. The molecule has 0 bridgehead atoms. The van der Waals surface area contributed by atoms with Gasteiger partial charge in [-0.25, -0.2) is 0 Å². The maximum absolute atomic E-state index is 11.8. The Morgan fingerprint density at radius 1 is 1.35 bits per heavy atom. The van der Waals surface area contributed by atoms with Gasteiger partial charge < -0.3 is 14.6 Å². The molecule has 8 nitrogen and oxygen atoms in total. The van der Waals surface area contributed by atoms with Crippen molar-refractivity contribution in [1.29, 1.82) is 0 Å². The zero-order valence-corrected chi connectivity index (χ0v) is 13.0. The highest BCUT2D eigenvalue weighted by molar-refractivity contribution is 7.99. The van der Waals surface area contributed by atoms with Gasteiger partial charge in [0.2, 0.25) is 5.91 Å². The zero-order chi connectivity index (χ0) is 16.1. The van der Waals surface area contributed by atoms with Gasteiger partial charge in [0.15, 0.2) is 11.0 Å². The lowest BCUT2D eigenvalue weighted by Gasteiger charge is -2.07. The van der Waals surface area contributed by atoms with E-state index in [-0.39, 0.29) is 11.7 Å². The number of aromatic nitrogens is 4. The lowest BCUT2D eigenvalue weighted by atomic mass is 10.3. The SMILES string of the molecule is COc1ccc(-n2cnnc2SCC(=O)Nc2ccon2)cc1. The summed E-state index contributed by atoms with van der Waals surface area (Å²) in [6, 6.07) is 9.05. The van der Waals surface area contributed by atoms with Crippen LogP contribution >= 0.6 is 11.8 Å². The van der Waals surface area contributed by atoms with Crippen LogP contribution in [0.25, 0.3) is 5.69 Å². The van der Waals surface area contributed by atoms with Gasteiger partial charge in [0.1, 0.15) is 18.3 Å². The van der Waals surface area contributed by atoms with Gasteiger partial charge >= 0.3 is 0 Å². The maximum Gasteiger partial charge on any atom is 0.236 e. The minimum Gasteiger partial charge on any atom is -0.497 e. The number of carbonyl (C=O) groups excluding carboxylic acids is 1. The van der Waals surface area contributed by atoms with Gasteiger partial charge in [-0.3, -0.25) is 9.36 Å². The van der Waals surface area contributed by atoms with Crippen molar-refractivity contribution in [1.82, 2.24) is 19.9 Å². The maximum atomic E-state index is 11.8. The van der Waals surface area contributed by atoms with Crippen molar-refractivity contribution < 1.29 is 14.1 Å². The van der Waals surface area contributed by atoms with Gasteiger partial charge in [-0.05, 0) is 24.3 Å². The number of benzene rings is 1. The normalized spacial score (nSPS) is 10.5. The van der Waals surface area contributed by atoms with E-state index in [1.165, 1.54) is 18.0 Å². The average Bonchev–Trinajstić information content (AvgIpc) is 3.24. The summed E-state index contributed by atoms with van der Waals surface area (Å²) in [6.07, 6.45) is 2.99. The number of rotatable bonds is 6. The number of hydrogen-bond donors (Lipinski definition) is 1. The van der Waals surface area contributed by atoms with Crippen LogP contribution in [0.4, 0.5) is 5.82 Å². The molecule has 2 heterocycles. The van der Waals surface area contributed by atoms with Gasteiger partial charge in [-0.15, -0.1) is 10.2 Å². The molecule has 1 aromatic carbocycles. The number of nitrogens with zero attached hydrogens (tertiary/aromatic N) is 4. The Hall–Kier alpha value is -2.81. The Morgan fingerprint density at radius 3 is 2.87 bits per heavy atom. The standard InChI is InChI=1S/C14H13N5O3S/c1-21-11-4-2-10(3-5-11)19-9-15-17-14(19)23-8-13(20)16-12-6-7-22-18-12/h2-7,9H,8H2,1H3,(H,16,18,20). The summed E-state index contributed by atoms with van der Waals surface area (Å²) in [6.45, 7) is 0. The Bertz CT molecular complexity index is 770. The second kappa shape index (κ2) is 6.97. The first-order chi connectivity index (χ1) is 11.3. The predicted molar refractivity (Wildman–Crippen MR) is 83.8 cm³/mol. The van der Waals surface area contributed by atoms with Gasteiger partial charge in [0.25, 0.3) is 0 Å². The Kier molecular flexibility index (Phi) is 4.57. The van der Waals surface area contributed by atoms with Crippen LogP contribution in [-0.2, 0) is 4.79 Å². The van der Waals surface area contributed by atoms with Crippen LogP contribution < -0.4 is 10.1 Å². The van der Waals surface area contributed by atoms with Crippen molar-refractivity contribution in [2.75, 3.05) is 18.2 Å². The number of amides is 1. The molecule has 0 fully saturated rings. The molecule has 118 valence electrons. The number of carbonyl (C=O) groups is 1. The second-order valence-corrected chi connectivity index (χ2v) is 5.35. The number of ether oxygens (including phenoxy) is 1. The van der Waals surface area contributed by atoms with Crippen molar-refractivity contribution in [3.05, 3.63) is 42.9 Å². The van der Waals surface area contributed by atoms with E-state index in [0.29, 0.717) is 11.0 Å². The smallest absolute Gasteiger partial charge is 0.236 e. The Morgan fingerprint density at radius 2 is 2.17 bits per heavy atom. The number of thioether (sulfide) groups is 1. The van der Waals surface area contributed by atoms with Crippen LogP contribution in [-0.4, -0.2) is 38.7 Å². The third kappa shape index (κ3) is 3.69. The molecule has 0 saturated heterocycles. The minimum atomic E-state index is -0.201. The van der Waals surface area contributed by atoms with E-state index in [9.17, 15) is 4.79 Å². The molecule has 0 radical (unpaired) electrons. The molecule has 0 aliphatic heterocycles. The van der Waals surface area contributed by atoms with E-state index >= 15 is 0 Å². The lowest BCUT2D eigenvalue weighted by molar-refractivity contribution is -0.113. The van der Waals surface area contributed by atoms with E-state index in [1.807, 2.05) is 24.3 Å². The summed E-state index contributed by atoms with van der Waals surface area (Å²) in [7, 11) is 1.61. The monoisotopic (exact) mass is 331 g/mol. The molecule has 2 aromatic heterocycles. The molecule has 3 rings (SSSR count). The average molecular weight is 331 g/mol. The van der Waals surface area contributed by atoms with Crippen molar-refractivity contribution >= 4 is 23.5 Å². The van der Waals surface area contributed by atoms with Crippen LogP contribution in [0, 0.1) is 0 Å². The summed E-state index contributed by atoms with van der Waals surface area (Å²) < 4.78 is 11.6. The number of anilines is 1. The van der Waals surface area contributed by atoms with E-state index < -0.39 is 0 Å². The topological polar surface area (TPSA) is 95.1 Å². The first-order valence-corrected chi connectivity index (χ1v) is 7.62. The summed E-state index contributed by atoms with van der Waals surface area (Å²) in [5, 5.41) is 14.8. The Labute approximate surface area is 135 Å². The van der Waals surface area contributed by atoms with Crippen LogP contribution in [0.3, 0.4) is 0 Å². The molecule has 0 saturated carbocycles. The first kappa shape index (κ1) is 15.1. The molecule has 0 aliphatic rings. The van der Waals surface area contributed by atoms with Crippen LogP contribution in [0.15, 0.2) is 52.6 Å². The van der Waals surface area contributed by atoms with Gasteiger partial charge in [-0.1, -0.05) is 16.9 Å². The highest BCUT2D eigenvalue weighted by Gasteiger charge is 2.11. The molecule has 0 aliphatic carbocycles. The highest BCUT2D eigenvalue weighted by atomic mass is 32.2. The second-order valence-electron chi connectivity index (χ2n) is 4.40. The number of nitrogens with one attached hydrogen (secondary N) is 1. The lowest BCUT2D eigenvalue weighted by Crippen LogP contribution is -2.14. The molecule has 0 atom stereocenters. The van der Waals surface area contributed by atoms with Crippen LogP contribution in [0.1, 0.15) is 0 Å². The van der Waals surface area contributed by atoms with Crippen molar-refractivity contribution in [3.63, 3.8) is 0 Å². The van der Waals surface area contributed by atoms with E-state index in [0.717, 1.165) is 11.4 Å². The van der Waals surface area contributed by atoms with E-state index in [2.05, 4.69) is 25.2 Å². The summed E-state index contributed by atoms with van der Waals surface area (Å²) in [4.78, 5) is 11.8.